The molecule has 1 heterocycles. The molecule has 4 rings (SSSR count). The van der Waals surface area contributed by atoms with Gasteiger partial charge in [-0.1, -0.05) is 48.5 Å². The van der Waals surface area contributed by atoms with Gasteiger partial charge in [-0.25, -0.2) is 4.79 Å². The molecule has 3 unspecified atom stereocenters. The van der Waals surface area contributed by atoms with Crippen molar-refractivity contribution < 1.29 is 19.0 Å². The second-order valence-corrected chi connectivity index (χ2v) is 6.74. The van der Waals surface area contributed by atoms with Gasteiger partial charge in [0.1, 0.15) is 6.23 Å². The van der Waals surface area contributed by atoms with Crippen LogP contribution in [0.25, 0.3) is 11.1 Å². The second kappa shape index (κ2) is 7.19. The number of carbonyl (C=O) groups is 1. The van der Waals surface area contributed by atoms with Gasteiger partial charge in [0, 0.05) is 30.9 Å². The maximum absolute atomic E-state index is 12.9. The predicted molar refractivity (Wildman–Crippen MR) is 97.6 cm³/mol. The molecular weight excluding hydrogens is 330 g/mol. The van der Waals surface area contributed by atoms with Crippen molar-refractivity contribution in [2.75, 3.05) is 13.7 Å². The molecule has 1 fully saturated rings. The Morgan fingerprint density at radius 2 is 1.69 bits per heavy atom. The van der Waals surface area contributed by atoms with Gasteiger partial charge >= 0.3 is 5.97 Å². The van der Waals surface area contributed by atoms with Crippen LogP contribution in [0, 0.1) is 0 Å². The van der Waals surface area contributed by atoms with E-state index in [1.165, 1.54) is 0 Å². The highest BCUT2D eigenvalue weighted by Gasteiger charge is 2.41. The molecule has 0 amide bonds. The Kier molecular flexibility index (Phi) is 4.76. The van der Waals surface area contributed by atoms with Crippen molar-refractivity contribution in [1.29, 1.82) is 0 Å². The zero-order valence-electron chi connectivity index (χ0n) is 15.0. The molecule has 2 aromatic carbocycles. The quantitative estimate of drug-likeness (QED) is 0.838. The van der Waals surface area contributed by atoms with Crippen LogP contribution in [0.2, 0.25) is 0 Å². The third kappa shape index (κ3) is 3.03. The Labute approximate surface area is 153 Å². The Hall–Kier alpha value is -2.21. The lowest BCUT2D eigenvalue weighted by atomic mass is 10.1. The van der Waals surface area contributed by atoms with Crippen molar-refractivity contribution >= 4 is 5.97 Å². The summed E-state index contributed by atoms with van der Waals surface area (Å²) >= 11 is 0. The van der Waals surface area contributed by atoms with E-state index in [0.717, 1.165) is 22.3 Å². The van der Waals surface area contributed by atoms with Crippen molar-refractivity contribution in [2.24, 2.45) is 0 Å². The molecule has 5 heteroatoms. The fourth-order valence-electron chi connectivity index (χ4n) is 3.86. The molecule has 3 atom stereocenters. The zero-order chi connectivity index (χ0) is 18.1. The molecular formula is C21H23NO4. The van der Waals surface area contributed by atoms with Gasteiger partial charge in [-0.05, 0) is 24.5 Å². The molecule has 1 aliphatic carbocycles. The number of nitrogens with one attached hydrogen (secondary N) is 1. The van der Waals surface area contributed by atoms with Gasteiger partial charge in [0.2, 0.25) is 0 Å². The summed E-state index contributed by atoms with van der Waals surface area (Å²) in [6, 6.07) is 16.0. The Morgan fingerprint density at radius 3 is 2.31 bits per heavy atom. The standard InChI is InChI=1S/C21H23NO4/c1-13-22-18(11-12-24-2)20(25-13)21(23)26-19-16-9-5-3-7-14(16)15-8-4-6-10-17(15)19/h3-10,13,18-20,22H,11-12H2,1-2H3. The van der Waals surface area contributed by atoms with E-state index in [2.05, 4.69) is 17.4 Å². The lowest BCUT2D eigenvalue weighted by molar-refractivity contribution is -0.160. The summed E-state index contributed by atoms with van der Waals surface area (Å²) in [5.74, 6) is -0.334. The number of hydrogen-bond acceptors (Lipinski definition) is 5. The van der Waals surface area contributed by atoms with E-state index in [-0.39, 0.29) is 18.2 Å². The van der Waals surface area contributed by atoms with Gasteiger partial charge in [-0.2, -0.15) is 0 Å². The normalized spacial score (nSPS) is 24.3. The minimum atomic E-state index is -0.625. The number of esters is 1. The summed E-state index contributed by atoms with van der Waals surface area (Å²) in [6.07, 6.45) is -0.506. The Balaban J connectivity index is 1.58. The highest BCUT2D eigenvalue weighted by Crippen LogP contribution is 2.45. The molecule has 0 saturated carbocycles. The van der Waals surface area contributed by atoms with Crippen molar-refractivity contribution in [2.45, 2.75) is 37.8 Å². The molecule has 0 spiro atoms. The number of ether oxygens (including phenoxy) is 3. The fraction of sp³-hybridized carbons (Fsp3) is 0.381. The minimum Gasteiger partial charge on any atom is -0.451 e. The van der Waals surface area contributed by atoms with E-state index in [1.54, 1.807) is 7.11 Å². The smallest absolute Gasteiger partial charge is 0.337 e. The van der Waals surface area contributed by atoms with Crippen LogP contribution in [0.4, 0.5) is 0 Å². The fourth-order valence-corrected chi connectivity index (χ4v) is 3.86. The average molecular weight is 353 g/mol. The van der Waals surface area contributed by atoms with E-state index in [4.69, 9.17) is 14.2 Å². The topological polar surface area (TPSA) is 56.8 Å². The van der Waals surface area contributed by atoms with Crippen LogP contribution in [-0.2, 0) is 19.0 Å². The summed E-state index contributed by atoms with van der Waals surface area (Å²) in [5, 5.41) is 3.28. The van der Waals surface area contributed by atoms with Crippen molar-refractivity contribution in [3.05, 3.63) is 59.7 Å². The van der Waals surface area contributed by atoms with Crippen LogP contribution in [0.1, 0.15) is 30.6 Å². The van der Waals surface area contributed by atoms with Gasteiger partial charge < -0.3 is 14.2 Å². The molecule has 2 aromatic rings. The first-order valence-electron chi connectivity index (χ1n) is 8.98. The van der Waals surface area contributed by atoms with Gasteiger partial charge in [0.25, 0.3) is 0 Å². The molecule has 1 N–H and O–H groups in total. The largest absolute Gasteiger partial charge is 0.451 e. The van der Waals surface area contributed by atoms with Crippen LogP contribution in [-0.4, -0.2) is 38.1 Å². The van der Waals surface area contributed by atoms with E-state index in [1.807, 2.05) is 43.3 Å². The molecule has 1 saturated heterocycles. The molecule has 136 valence electrons. The van der Waals surface area contributed by atoms with Crippen LogP contribution in [0.15, 0.2) is 48.5 Å². The molecule has 0 bridgehead atoms. The first-order valence-corrected chi connectivity index (χ1v) is 8.98. The summed E-state index contributed by atoms with van der Waals surface area (Å²) in [6.45, 7) is 2.46. The number of benzene rings is 2. The molecule has 0 aromatic heterocycles. The van der Waals surface area contributed by atoms with Crippen LogP contribution >= 0.6 is 0 Å². The predicted octanol–water partition coefficient (Wildman–Crippen LogP) is 3.04. The maximum atomic E-state index is 12.9. The molecule has 5 nitrogen and oxygen atoms in total. The van der Waals surface area contributed by atoms with Crippen LogP contribution in [0.5, 0.6) is 0 Å². The van der Waals surface area contributed by atoms with Crippen LogP contribution in [0.3, 0.4) is 0 Å². The molecule has 1 aliphatic heterocycles. The monoisotopic (exact) mass is 353 g/mol. The lowest BCUT2D eigenvalue weighted by Crippen LogP contribution is -2.39. The highest BCUT2D eigenvalue weighted by molar-refractivity contribution is 5.81. The lowest BCUT2D eigenvalue weighted by Gasteiger charge is -2.20. The number of methoxy groups -OCH3 is 1. The van der Waals surface area contributed by atoms with Gasteiger partial charge in [-0.3, -0.25) is 5.32 Å². The van der Waals surface area contributed by atoms with Gasteiger partial charge in [0.05, 0.1) is 0 Å². The Bertz CT molecular complexity index is 761. The van der Waals surface area contributed by atoms with Crippen molar-refractivity contribution in [3.63, 3.8) is 0 Å². The van der Waals surface area contributed by atoms with Gasteiger partial charge in [-0.15, -0.1) is 0 Å². The summed E-state index contributed by atoms with van der Waals surface area (Å²) in [4.78, 5) is 12.9. The number of fused-ring (bicyclic) bond motifs is 3. The zero-order valence-corrected chi connectivity index (χ0v) is 15.0. The summed E-state index contributed by atoms with van der Waals surface area (Å²) in [5.41, 5.74) is 4.29. The first-order chi connectivity index (χ1) is 12.7. The number of carbonyl (C=O) groups excluding carboxylic acids is 1. The number of rotatable bonds is 5. The number of hydrogen-bond donors (Lipinski definition) is 1. The third-order valence-corrected chi connectivity index (χ3v) is 5.04. The van der Waals surface area contributed by atoms with E-state index < -0.39 is 12.2 Å². The van der Waals surface area contributed by atoms with Crippen LogP contribution < -0.4 is 5.32 Å². The van der Waals surface area contributed by atoms with Crippen molar-refractivity contribution in [1.82, 2.24) is 5.32 Å². The molecule has 26 heavy (non-hydrogen) atoms. The Morgan fingerprint density at radius 1 is 1.08 bits per heavy atom. The molecule has 2 aliphatic rings. The summed E-state index contributed by atoms with van der Waals surface area (Å²) < 4.78 is 16.9. The van der Waals surface area contributed by atoms with Gasteiger partial charge in [0.15, 0.2) is 12.2 Å². The van der Waals surface area contributed by atoms with E-state index in [9.17, 15) is 4.79 Å². The SMILES string of the molecule is COCCC1NC(C)OC1C(=O)OC1c2ccccc2-c2ccccc21. The van der Waals surface area contributed by atoms with E-state index in [0.29, 0.717) is 13.0 Å². The second-order valence-electron chi connectivity index (χ2n) is 6.74. The highest BCUT2D eigenvalue weighted by atomic mass is 16.6. The maximum Gasteiger partial charge on any atom is 0.337 e. The van der Waals surface area contributed by atoms with Crippen molar-refractivity contribution in [3.8, 4) is 11.1 Å². The van der Waals surface area contributed by atoms with E-state index >= 15 is 0 Å². The minimum absolute atomic E-state index is 0.107. The summed E-state index contributed by atoms with van der Waals surface area (Å²) in [7, 11) is 1.65. The molecule has 0 radical (unpaired) electrons. The first kappa shape index (κ1) is 17.2. The third-order valence-electron chi connectivity index (χ3n) is 5.04. The average Bonchev–Trinajstić information content (AvgIpc) is 3.19.